The average molecular weight is 474 g/mol. The van der Waals surface area contributed by atoms with Crippen LogP contribution in [0.5, 0.6) is 0 Å². The van der Waals surface area contributed by atoms with Crippen molar-refractivity contribution in [3.8, 4) is 0 Å². The van der Waals surface area contributed by atoms with Crippen LogP contribution in [-0.4, -0.2) is 39.7 Å². The lowest BCUT2D eigenvalue weighted by molar-refractivity contribution is -0.122. The Hall–Kier alpha value is -2.70. The van der Waals surface area contributed by atoms with Crippen molar-refractivity contribution in [3.05, 3.63) is 76.7 Å². The first-order valence-electron chi connectivity index (χ1n) is 11.5. The Bertz CT molecular complexity index is 1220. The van der Waals surface area contributed by atoms with Gasteiger partial charge in [0, 0.05) is 30.6 Å². The summed E-state index contributed by atoms with van der Waals surface area (Å²) in [6, 6.07) is 20.6. The number of hydrogen-bond acceptors (Lipinski definition) is 5. The van der Waals surface area contributed by atoms with Gasteiger partial charge in [-0.15, -0.1) is 0 Å². The third kappa shape index (κ3) is 4.82. The molecular formula is C27H27N3OS2. The monoisotopic (exact) mass is 473 g/mol. The Kier molecular flexibility index (Phi) is 6.47. The van der Waals surface area contributed by atoms with Crippen LogP contribution < -0.4 is 4.90 Å². The van der Waals surface area contributed by atoms with Crippen LogP contribution in [0.15, 0.2) is 65.6 Å². The Morgan fingerprint density at radius 2 is 1.82 bits per heavy atom. The standard InChI is InChI=1S/C27H27N3OS2/c1-19-11-14-29(15-12-19)25-22(17-21-9-5-6-10-23(21)28-25)18-24-26(31)30(27(32)33-24)16-13-20-7-3-2-4-8-20/h2-10,17-19H,11-16H2,1H3/b24-18-. The number of nitrogens with zero attached hydrogens (tertiary/aromatic N) is 3. The van der Waals surface area contributed by atoms with Crippen molar-refractivity contribution in [2.45, 2.75) is 26.2 Å². The maximum Gasteiger partial charge on any atom is 0.266 e. The number of carbonyl (C=O) groups is 1. The van der Waals surface area contributed by atoms with Crippen LogP contribution in [0.3, 0.4) is 0 Å². The molecule has 0 saturated carbocycles. The molecule has 5 rings (SSSR count). The molecule has 1 amide bonds. The topological polar surface area (TPSA) is 36.4 Å². The van der Waals surface area contributed by atoms with Gasteiger partial charge in [0.25, 0.3) is 5.91 Å². The van der Waals surface area contributed by atoms with Crippen LogP contribution in [-0.2, 0) is 11.2 Å². The second-order valence-electron chi connectivity index (χ2n) is 8.83. The zero-order chi connectivity index (χ0) is 22.8. The number of amides is 1. The molecule has 1 aromatic heterocycles. The molecule has 0 bridgehead atoms. The van der Waals surface area contributed by atoms with Crippen molar-refractivity contribution in [1.82, 2.24) is 9.88 Å². The summed E-state index contributed by atoms with van der Waals surface area (Å²) in [5.74, 6) is 1.70. The summed E-state index contributed by atoms with van der Waals surface area (Å²) >= 11 is 6.97. The lowest BCUT2D eigenvalue weighted by atomic mass is 9.98. The molecule has 6 heteroatoms. The van der Waals surface area contributed by atoms with Crippen molar-refractivity contribution in [3.63, 3.8) is 0 Å². The zero-order valence-electron chi connectivity index (χ0n) is 18.7. The molecule has 0 spiro atoms. The van der Waals surface area contributed by atoms with Gasteiger partial charge in [0.15, 0.2) is 0 Å². The second kappa shape index (κ2) is 9.65. The number of hydrogen-bond donors (Lipinski definition) is 0. The van der Waals surface area contributed by atoms with E-state index in [0.717, 1.165) is 60.6 Å². The average Bonchev–Trinajstić information content (AvgIpc) is 3.10. The van der Waals surface area contributed by atoms with E-state index in [2.05, 4.69) is 42.2 Å². The molecule has 3 heterocycles. The number of para-hydroxylation sites is 1. The minimum Gasteiger partial charge on any atom is -0.356 e. The first kappa shape index (κ1) is 22.1. The predicted octanol–water partition coefficient (Wildman–Crippen LogP) is 5.92. The predicted molar refractivity (Wildman–Crippen MR) is 142 cm³/mol. The van der Waals surface area contributed by atoms with Crippen LogP contribution in [0, 0.1) is 5.92 Å². The van der Waals surface area contributed by atoms with Crippen molar-refractivity contribution in [2.24, 2.45) is 5.92 Å². The van der Waals surface area contributed by atoms with Gasteiger partial charge in [-0.25, -0.2) is 4.98 Å². The molecule has 0 unspecified atom stereocenters. The largest absolute Gasteiger partial charge is 0.356 e. The SMILES string of the molecule is CC1CCN(c2nc3ccccc3cc2/C=C2\SC(=S)N(CCc3ccccc3)C2=O)CC1. The van der Waals surface area contributed by atoms with Crippen molar-refractivity contribution in [1.29, 1.82) is 0 Å². The summed E-state index contributed by atoms with van der Waals surface area (Å²) in [6.45, 7) is 4.89. The lowest BCUT2D eigenvalue weighted by Crippen LogP contribution is -2.34. The number of carbonyl (C=O) groups excluding carboxylic acids is 1. The van der Waals surface area contributed by atoms with E-state index >= 15 is 0 Å². The maximum atomic E-state index is 13.3. The van der Waals surface area contributed by atoms with E-state index in [4.69, 9.17) is 17.2 Å². The van der Waals surface area contributed by atoms with Crippen LogP contribution in [0.4, 0.5) is 5.82 Å². The number of thiocarbonyl (C=S) groups is 1. The summed E-state index contributed by atoms with van der Waals surface area (Å²) in [5.41, 5.74) is 3.18. The second-order valence-corrected chi connectivity index (χ2v) is 10.5. The Balaban J connectivity index is 1.44. The quantitative estimate of drug-likeness (QED) is 0.340. The third-order valence-electron chi connectivity index (χ3n) is 6.44. The molecule has 33 heavy (non-hydrogen) atoms. The van der Waals surface area contributed by atoms with Crippen LogP contribution in [0.1, 0.15) is 30.9 Å². The van der Waals surface area contributed by atoms with E-state index in [9.17, 15) is 4.79 Å². The maximum absolute atomic E-state index is 13.3. The fraction of sp³-hybridized carbons (Fsp3) is 0.296. The van der Waals surface area contributed by atoms with E-state index < -0.39 is 0 Å². The molecule has 4 nitrogen and oxygen atoms in total. The smallest absolute Gasteiger partial charge is 0.266 e. The number of thioether (sulfide) groups is 1. The molecule has 2 fully saturated rings. The number of fused-ring (bicyclic) bond motifs is 1. The molecule has 0 atom stereocenters. The van der Waals surface area contributed by atoms with Crippen LogP contribution >= 0.6 is 24.0 Å². The first-order valence-corrected chi connectivity index (χ1v) is 12.7. The number of pyridine rings is 1. The molecule has 2 aliphatic rings. The van der Waals surface area contributed by atoms with E-state index in [1.165, 1.54) is 17.3 Å². The van der Waals surface area contributed by atoms with E-state index in [-0.39, 0.29) is 5.91 Å². The molecule has 2 saturated heterocycles. The van der Waals surface area contributed by atoms with Gasteiger partial charge < -0.3 is 4.90 Å². The molecule has 0 N–H and O–H groups in total. The van der Waals surface area contributed by atoms with Crippen LogP contribution in [0.2, 0.25) is 0 Å². The van der Waals surface area contributed by atoms with Crippen molar-refractivity contribution in [2.75, 3.05) is 24.5 Å². The third-order valence-corrected chi connectivity index (χ3v) is 7.82. The highest BCUT2D eigenvalue weighted by Gasteiger charge is 2.32. The number of piperidine rings is 1. The highest BCUT2D eigenvalue weighted by atomic mass is 32.2. The summed E-state index contributed by atoms with van der Waals surface area (Å²) in [5, 5.41) is 1.08. The highest BCUT2D eigenvalue weighted by molar-refractivity contribution is 8.26. The highest BCUT2D eigenvalue weighted by Crippen LogP contribution is 2.36. The minimum absolute atomic E-state index is 0.00712. The Morgan fingerprint density at radius 3 is 2.61 bits per heavy atom. The molecule has 0 aliphatic carbocycles. The number of aromatic nitrogens is 1. The van der Waals surface area contributed by atoms with Gasteiger partial charge in [0.05, 0.1) is 10.4 Å². The summed E-state index contributed by atoms with van der Waals surface area (Å²) in [6.07, 6.45) is 5.11. The van der Waals surface area contributed by atoms with Crippen molar-refractivity contribution < 1.29 is 4.79 Å². The molecule has 2 aliphatic heterocycles. The van der Waals surface area contributed by atoms with Gasteiger partial charge in [0.2, 0.25) is 0 Å². The summed E-state index contributed by atoms with van der Waals surface area (Å²) in [4.78, 5) is 23.0. The number of anilines is 1. The molecular weight excluding hydrogens is 446 g/mol. The fourth-order valence-corrected chi connectivity index (χ4v) is 5.72. The van der Waals surface area contributed by atoms with E-state index in [1.807, 2.05) is 36.4 Å². The summed E-state index contributed by atoms with van der Waals surface area (Å²) in [7, 11) is 0. The van der Waals surface area contributed by atoms with E-state index in [0.29, 0.717) is 15.8 Å². The fourth-order valence-electron chi connectivity index (χ4n) is 4.42. The van der Waals surface area contributed by atoms with Gasteiger partial charge in [-0.2, -0.15) is 0 Å². The van der Waals surface area contributed by atoms with E-state index in [1.54, 1.807) is 4.90 Å². The number of benzene rings is 2. The molecule has 3 aromatic rings. The van der Waals surface area contributed by atoms with Gasteiger partial charge in [-0.05, 0) is 49.0 Å². The number of rotatable bonds is 5. The normalized spacial score (nSPS) is 18.6. The summed E-state index contributed by atoms with van der Waals surface area (Å²) < 4.78 is 0.629. The Labute approximate surface area is 204 Å². The molecule has 2 aromatic carbocycles. The molecule has 168 valence electrons. The van der Waals surface area contributed by atoms with Crippen molar-refractivity contribution >= 4 is 57.0 Å². The van der Waals surface area contributed by atoms with Gasteiger partial charge in [-0.3, -0.25) is 9.69 Å². The van der Waals surface area contributed by atoms with Crippen LogP contribution in [0.25, 0.3) is 17.0 Å². The zero-order valence-corrected chi connectivity index (χ0v) is 20.4. The molecule has 0 radical (unpaired) electrons. The van der Waals surface area contributed by atoms with Gasteiger partial charge in [-0.1, -0.05) is 79.4 Å². The first-order chi connectivity index (χ1) is 16.1. The lowest BCUT2D eigenvalue weighted by Gasteiger charge is -2.32. The minimum atomic E-state index is -0.00712. The van der Waals surface area contributed by atoms with Gasteiger partial charge in [0.1, 0.15) is 10.1 Å². The van der Waals surface area contributed by atoms with Gasteiger partial charge >= 0.3 is 0 Å². The Morgan fingerprint density at radius 1 is 1.09 bits per heavy atom.